The highest BCUT2D eigenvalue weighted by molar-refractivity contribution is 6.36. The highest BCUT2D eigenvalue weighted by Crippen LogP contribution is 2.50. The Morgan fingerprint density at radius 1 is 0.688 bits per heavy atom. The Bertz CT molecular complexity index is 3680. The molecule has 8 heterocycles. The van der Waals surface area contributed by atoms with Crippen molar-refractivity contribution in [2.75, 3.05) is 120 Å². The predicted molar refractivity (Wildman–Crippen MR) is 301 cm³/mol. The Morgan fingerprint density at radius 2 is 1.23 bits per heavy atom. The average Bonchev–Trinajstić information content (AvgIpc) is 2.29. The molecule has 0 radical (unpaired) electrons. The second kappa shape index (κ2) is 21.0. The molecule has 0 bridgehead atoms. The summed E-state index contributed by atoms with van der Waals surface area (Å²) in [6, 6.07) is 9.51. The summed E-state index contributed by atoms with van der Waals surface area (Å²) in [5.74, 6) is -1.43. The molecule has 4 aromatic carbocycles. The molecule has 6 aliphatic rings. The predicted octanol–water partition coefficient (Wildman–Crippen LogP) is 6.41. The molecule has 23 heteroatoms. The number of amides is 2. The Hall–Kier alpha value is -7.33. The van der Waals surface area contributed by atoms with E-state index in [1.165, 1.54) is 24.3 Å². The lowest BCUT2D eigenvalue weighted by atomic mass is 9.98. The molecule has 2 aromatic heterocycles. The maximum atomic E-state index is 15.6. The molecule has 0 saturated carbocycles. The summed E-state index contributed by atoms with van der Waals surface area (Å²) in [6.07, 6.45) is 2.34. The molecule has 2 N–H and O–H groups in total. The van der Waals surface area contributed by atoms with Gasteiger partial charge >= 0.3 is 11.4 Å². The van der Waals surface area contributed by atoms with Crippen LogP contribution in [-0.2, 0) is 9.59 Å². The van der Waals surface area contributed by atoms with Gasteiger partial charge in [0.05, 0.1) is 38.9 Å². The topological polar surface area (TPSA) is 171 Å². The molecule has 418 valence electrons. The number of benzene rings is 4. The molecule has 4 atom stereocenters. The first-order valence-corrected chi connectivity index (χ1v) is 27.7. The molecule has 2 unspecified atom stereocenters. The van der Waals surface area contributed by atoms with Gasteiger partial charge in [0, 0.05) is 135 Å². The number of aromatic nitrogens is 4. The van der Waals surface area contributed by atoms with E-state index in [0.717, 1.165) is 31.6 Å². The van der Waals surface area contributed by atoms with Gasteiger partial charge in [-0.15, -0.1) is 0 Å². The fourth-order valence-corrected chi connectivity index (χ4v) is 13.1. The summed E-state index contributed by atoms with van der Waals surface area (Å²) >= 11 is 14.1. The van der Waals surface area contributed by atoms with Crippen molar-refractivity contribution in [1.29, 1.82) is 0 Å². The minimum absolute atomic E-state index is 0.00809. The molecule has 4 saturated heterocycles. The Balaban J connectivity index is 0.763. The van der Waals surface area contributed by atoms with Crippen LogP contribution in [0.3, 0.4) is 0 Å². The van der Waals surface area contributed by atoms with Crippen molar-refractivity contribution in [3.05, 3.63) is 122 Å². The van der Waals surface area contributed by atoms with Crippen LogP contribution in [0.1, 0.15) is 32.4 Å². The van der Waals surface area contributed by atoms with Gasteiger partial charge in [0.1, 0.15) is 42.3 Å². The molecular formula is C57H59Cl2F3N12O6. The van der Waals surface area contributed by atoms with Gasteiger partial charge in [0.15, 0.2) is 11.5 Å². The van der Waals surface area contributed by atoms with Crippen molar-refractivity contribution in [2.45, 2.75) is 44.4 Å². The van der Waals surface area contributed by atoms with Crippen molar-refractivity contribution in [3.63, 3.8) is 0 Å². The number of carbonyl (C=O) groups excluding carboxylic acids is 2. The zero-order valence-corrected chi connectivity index (χ0v) is 45.8. The fourth-order valence-electron chi connectivity index (χ4n) is 12.5. The molecule has 6 aliphatic heterocycles. The SMILES string of the molecule is C=CC(=O)N1CCN(c2nc(=O)n3c4c(c(-c5ccc(F)cc5F)c(Cl)cc24)OCC3CN2CCN(C(=C)C(=O)N3CCN(c4nc(=O)n5c6c(c(-c7c(N)cccc7F)c(Cl)cc46)OCC5CN4CCC4)[C@@H](C)C3)CC2)[C@@H](C)C1. The van der Waals surface area contributed by atoms with E-state index in [1.54, 1.807) is 37.1 Å². The third kappa shape index (κ3) is 9.15. The molecule has 6 aromatic rings. The number of nitrogens with two attached hydrogens (primary N) is 1. The van der Waals surface area contributed by atoms with Crippen molar-refractivity contribution < 1.29 is 32.2 Å². The third-order valence-corrected chi connectivity index (χ3v) is 17.3. The van der Waals surface area contributed by atoms with E-state index < -0.39 is 34.9 Å². The first kappa shape index (κ1) is 53.3. The Kier molecular flexibility index (Phi) is 14.0. The zero-order valence-electron chi connectivity index (χ0n) is 44.3. The monoisotopic (exact) mass is 1130 g/mol. The maximum absolute atomic E-state index is 15.6. The second-order valence-electron chi connectivity index (χ2n) is 21.6. The molecule has 18 nitrogen and oxygen atoms in total. The smallest absolute Gasteiger partial charge is 0.350 e. The zero-order chi connectivity index (χ0) is 56.0. The van der Waals surface area contributed by atoms with Crippen LogP contribution in [0.4, 0.5) is 30.5 Å². The molecule has 4 fully saturated rings. The van der Waals surface area contributed by atoms with E-state index >= 15 is 8.78 Å². The van der Waals surface area contributed by atoms with Gasteiger partial charge in [-0.2, -0.15) is 9.97 Å². The summed E-state index contributed by atoms with van der Waals surface area (Å²) in [6.45, 7) is 18.7. The van der Waals surface area contributed by atoms with Gasteiger partial charge in [-0.3, -0.25) is 23.6 Å². The van der Waals surface area contributed by atoms with Gasteiger partial charge in [-0.05, 0) is 75.8 Å². The van der Waals surface area contributed by atoms with Crippen LogP contribution >= 0.6 is 23.2 Å². The van der Waals surface area contributed by atoms with Crippen LogP contribution in [0.25, 0.3) is 44.1 Å². The van der Waals surface area contributed by atoms with Crippen LogP contribution in [-0.4, -0.2) is 172 Å². The lowest BCUT2D eigenvalue weighted by Crippen LogP contribution is -2.56. The van der Waals surface area contributed by atoms with E-state index in [-0.39, 0.29) is 92.6 Å². The lowest BCUT2D eigenvalue weighted by Gasteiger charge is -2.43. The van der Waals surface area contributed by atoms with Crippen molar-refractivity contribution in [2.24, 2.45) is 0 Å². The van der Waals surface area contributed by atoms with Crippen molar-refractivity contribution in [1.82, 2.24) is 43.6 Å². The third-order valence-electron chi connectivity index (χ3n) is 16.7. The first-order chi connectivity index (χ1) is 38.5. The molecule has 2 amide bonds. The lowest BCUT2D eigenvalue weighted by molar-refractivity contribution is -0.130. The second-order valence-corrected chi connectivity index (χ2v) is 22.4. The van der Waals surface area contributed by atoms with Crippen LogP contribution in [0.15, 0.2) is 83.1 Å². The van der Waals surface area contributed by atoms with Crippen molar-refractivity contribution >= 4 is 74.1 Å². The van der Waals surface area contributed by atoms with Gasteiger partial charge in [-0.25, -0.2) is 22.8 Å². The van der Waals surface area contributed by atoms with Gasteiger partial charge in [-0.1, -0.05) is 42.4 Å². The number of halogens is 5. The van der Waals surface area contributed by atoms with E-state index in [4.69, 9.17) is 43.4 Å². The number of hydrogen-bond acceptors (Lipinski definition) is 14. The summed E-state index contributed by atoms with van der Waals surface area (Å²) in [7, 11) is 0. The number of ether oxygens (including phenoxy) is 2. The molecule has 0 aliphatic carbocycles. The highest BCUT2D eigenvalue weighted by Gasteiger charge is 2.39. The van der Waals surface area contributed by atoms with Gasteiger partial charge in [0.25, 0.3) is 5.91 Å². The quantitative estimate of drug-likeness (QED) is 0.112. The van der Waals surface area contributed by atoms with Gasteiger partial charge < -0.3 is 44.6 Å². The number of nitrogens with zero attached hydrogens (tertiary/aromatic N) is 11. The standard InChI is InChI=1S/C57H59Cl2F3N12O6/c1-5-45(75)69-18-20-71(31(2)25-69)53-38-23-40(58)46(37-11-10-34(60)22-43(37)62)51-49(38)73(56(77)64-53)36(29-79-51)28-67-14-16-68(17-15-67)33(4)55(76)70-19-21-72(32(3)26-70)54-39-24-41(59)47(48-42(61)8-6-9-44(48)63)52-50(39)74(57(78)65-54)35(30-80-52)27-66-12-7-13-66/h5-6,8-11,22-24,31-32,35-36H,1,4,7,12-21,25-30,63H2,2-3H3/t31-,32-,35?,36?/m0/s1. The Morgan fingerprint density at radius 3 is 1.76 bits per heavy atom. The number of likely N-dealkylation sites (tertiary alicyclic amines) is 1. The minimum Gasteiger partial charge on any atom is -0.488 e. The van der Waals surface area contributed by atoms with Gasteiger partial charge in [0.2, 0.25) is 5.91 Å². The summed E-state index contributed by atoms with van der Waals surface area (Å²) < 4.78 is 61.6. The van der Waals surface area contributed by atoms with Crippen LogP contribution in [0.5, 0.6) is 11.5 Å². The van der Waals surface area contributed by atoms with Crippen molar-refractivity contribution in [3.8, 4) is 33.8 Å². The van der Waals surface area contributed by atoms with Crippen LogP contribution < -0.4 is 36.4 Å². The number of piperazine rings is 3. The van der Waals surface area contributed by atoms with Crippen LogP contribution in [0, 0.1) is 17.5 Å². The van der Waals surface area contributed by atoms with E-state index in [0.29, 0.717) is 118 Å². The maximum Gasteiger partial charge on any atom is 0.350 e. The van der Waals surface area contributed by atoms with E-state index in [9.17, 15) is 23.6 Å². The number of nitrogen functional groups attached to an aromatic ring is 1. The highest BCUT2D eigenvalue weighted by atomic mass is 35.5. The fraction of sp³-hybridized carbons (Fsp3) is 0.404. The first-order valence-electron chi connectivity index (χ1n) is 26.9. The minimum atomic E-state index is -0.848. The number of anilines is 3. The summed E-state index contributed by atoms with van der Waals surface area (Å²) in [5.41, 5.74) is 7.24. The average molecular weight is 1140 g/mol. The molecule has 12 rings (SSSR count). The summed E-state index contributed by atoms with van der Waals surface area (Å²) in [5, 5.41) is 1.38. The van der Waals surface area contributed by atoms with E-state index in [2.05, 4.69) is 27.9 Å². The molecule has 80 heavy (non-hydrogen) atoms. The molecule has 0 spiro atoms. The number of carbonyl (C=O) groups is 2. The van der Waals surface area contributed by atoms with E-state index in [1.807, 2.05) is 28.5 Å². The number of rotatable bonds is 11. The van der Waals surface area contributed by atoms with Crippen LogP contribution in [0.2, 0.25) is 10.0 Å². The Labute approximate surface area is 468 Å². The molecular weight excluding hydrogens is 1080 g/mol. The summed E-state index contributed by atoms with van der Waals surface area (Å²) in [4.78, 5) is 78.9. The normalized spacial score (nSPS) is 21.4. The largest absolute Gasteiger partial charge is 0.488 e. The number of hydrogen-bond donors (Lipinski definition) is 1.